The van der Waals surface area contributed by atoms with Crippen molar-refractivity contribution in [1.29, 1.82) is 0 Å². The second-order valence-corrected chi connectivity index (χ2v) is 8.66. The molecule has 0 aliphatic heterocycles. The molecule has 4 aromatic rings. The van der Waals surface area contributed by atoms with Crippen molar-refractivity contribution >= 4 is 29.0 Å². The van der Waals surface area contributed by atoms with E-state index in [0.717, 1.165) is 28.5 Å². The highest BCUT2D eigenvalue weighted by atomic mass is 32.2. The summed E-state index contributed by atoms with van der Waals surface area (Å²) in [5, 5.41) is 9.15. The van der Waals surface area contributed by atoms with Crippen LogP contribution in [0.4, 0.5) is 11.4 Å². The van der Waals surface area contributed by atoms with E-state index in [2.05, 4.69) is 10.2 Å². The number of rotatable bonds is 8. The molecule has 3 aromatic carbocycles. The van der Waals surface area contributed by atoms with E-state index in [1.165, 1.54) is 11.8 Å². The van der Waals surface area contributed by atoms with E-state index in [1.807, 2.05) is 103 Å². The van der Waals surface area contributed by atoms with Gasteiger partial charge in [0.1, 0.15) is 5.75 Å². The number of thioether (sulfide) groups is 1. The minimum Gasteiger partial charge on any atom is -0.496 e. The second kappa shape index (κ2) is 10.4. The zero-order valence-electron chi connectivity index (χ0n) is 18.9. The molecule has 33 heavy (non-hydrogen) atoms. The summed E-state index contributed by atoms with van der Waals surface area (Å²) in [6.07, 6.45) is 0. The topological polar surface area (TPSA) is 60.2 Å². The molecule has 7 heteroatoms. The van der Waals surface area contributed by atoms with Gasteiger partial charge in [0.05, 0.1) is 17.9 Å². The molecule has 0 spiro atoms. The first-order chi connectivity index (χ1) is 16.1. The van der Waals surface area contributed by atoms with Crippen LogP contribution in [-0.4, -0.2) is 33.0 Å². The van der Waals surface area contributed by atoms with Gasteiger partial charge in [-0.05, 0) is 50.2 Å². The Labute approximate surface area is 198 Å². The Balaban J connectivity index is 1.64. The van der Waals surface area contributed by atoms with Crippen LogP contribution in [0.2, 0.25) is 0 Å². The van der Waals surface area contributed by atoms with E-state index in [9.17, 15) is 4.79 Å². The van der Waals surface area contributed by atoms with Crippen molar-refractivity contribution in [3.05, 3.63) is 84.9 Å². The van der Waals surface area contributed by atoms with E-state index < -0.39 is 0 Å². The Kier molecular flexibility index (Phi) is 7.10. The number of hydrogen-bond donors (Lipinski definition) is 0. The van der Waals surface area contributed by atoms with Gasteiger partial charge in [0.15, 0.2) is 11.0 Å². The summed E-state index contributed by atoms with van der Waals surface area (Å²) in [6.45, 7) is 4.62. The van der Waals surface area contributed by atoms with Gasteiger partial charge in [0.2, 0.25) is 5.91 Å². The lowest BCUT2D eigenvalue weighted by Gasteiger charge is -2.25. The molecule has 6 nitrogen and oxygen atoms in total. The number of anilines is 2. The molecular formula is C26H26N4O2S. The molecule has 0 radical (unpaired) electrons. The Morgan fingerprint density at radius 1 is 0.939 bits per heavy atom. The van der Waals surface area contributed by atoms with Crippen molar-refractivity contribution in [3.8, 4) is 17.1 Å². The van der Waals surface area contributed by atoms with Gasteiger partial charge in [-0.15, -0.1) is 10.2 Å². The van der Waals surface area contributed by atoms with Crippen molar-refractivity contribution in [2.75, 3.05) is 12.0 Å². The molecule has 0 N–H and O–H groups in total. The number of carbonyl (C=O) groups is 1. The lowest BCUT2D eigenvalue weighted by atomic mass is 10.2. The van der Waals surface area contributed by atoms with Gasteiger partial charge in [-0.2, -0.15) is 0 Å². The fourth-order valence-corrected chi connectivity index (χ4v) is 4.59. The van der Waals surface area contributed by atoms with Crippen LogP contribution in [0.5, 0.6) is 5.75 Å². The Morgan fingerprint density at radius 2 is 1.52 bits per heavy atom. The second-order valence-electron chi connectivity index (χ2n) is 7.36. The van der Waals surface area contributed by atoms with Crippen molar-refractivity contribution in [2.24, 2.45) is 0 Å². The molecule has 0 bridgehead atoms. The van der Waals surface area contributed by atoms with Crippen LogP contribution < -0.4 is 9.64 Å². The monoisotopic (exact) mass is 458 g/mol. The van der Waals surface area contributed by atoms with Crippen LogP contribution in [0.15, 0.2) is 90.1 Å². The van der Waals surface area contributed by atoms with E-state index in [4.69, 9.17) is 4.74 Å². The maximum absolute atomic E-state index is 13.7. The summed E-state index contributed by atoms with van der Waals surface area (Å²) in [5.41, 5.74) is 2.52. The molecule has 1 unspecified atom stereocenters. The zero-order valence-corrected chi connectivity index (χ0v) is 19.7. The van der Waals surface area contributed by atoms with Crippen LogP contribution in [0.3, 0.4) is 0 Å². The minimum atomic E-state index is -0.384. The van der Waals surface area contributed by atoms with Gasteiger partial charge in [-0.1, -0.05) is 60.3 Å². The van der Waals surface area contributed by atoms with Crippen molar-refractivity contribution in [1.82, 2.24) is 14.8 Å². The van der Waals surface area contributed by atoms with Crippen molar-refractivity contribution in [3.63, 3.8) is 0 Å². The average Bonchev–Trinajstić information content (AvgIpc) is 3.27. The molecule has 1 aromatic heterocycles. The fourth-order valence-electron chi connectivity index (χ4n) is 3.64. The third kappa shape index (κ3) is 4.78. The smallest absolute Gasteiger partial charge is 0.244 e. The van der Waals surface area contributed by atoms with Gasteiger partial charge in [0, 0.05) is 17.9 Å². The van der Waals surface area contributed by atoms with E-state index in [0.29, 0.717) is 11.7 Å². The maximum atomic E-state index is 13.7. The molecule has 4 rings (SSSR count). The van der Waals surface area contributed by atoms with Crippen LogP contribution in [0.1, 0.15) is 13.8 Å². The highest BCUT2D eigenvalue weighted by molar-refractivity contribution is 8.00. The predicted octanol–water partition coefficient (Wildman–Crippen LogP) is 5.82. The number of nitrogens with zero attached hydrogens (tertiary/aromatic N) is 4. The summed E-state index contributed by atoms with van der Waals surface area (Å²) in [6, 6.07) is 27.1. The quantitative estimate of drug-likeness (QED) is 0.311. The maximum Gasteiger partial charge on any atom is 0.244 e. The van der Waals surface area contributed by atoms with Gasteiger partial charge in [-0.3, -0.25) is 9.69 Å². The number of para-hydroxylation sites is 3. The molecule has 1 amide bonds. The van der Waals surface area contributed by atoms with Gasteiger partial charge >= 0.3 is 0 Å². The Hall–Kier alpha value is -3.58. The molecule has 0 aliphatic rings. The van der Waals surface area contributed by atoms with Crippen LogP contribution >= 0.6 is 11.8 Å². The highest BCUT2D eigenvalue weighted by Gasteiger charge is 2.27. The summed E-state index contributed by atoms with van der Waals surface area (Å²) in [4.78, 5) is 15.4. The number of aromatic nitrogens is 3. The summed E-state index contributed by atoms with van der Waals surface area (Å²) >= 11 is 1.41. The SMILES string of the molecule is CCn1c(SC(C)C(=O)N(c2ccccc2)c2ccccc2)nnc1-c1ccccc1OC. The van der Waals surface area contributed by atoms with E-state index >= 15 is 0 Å². The molecule has 0 aliphatic carbocycles. The molecule has 0 fully saturated rings. The molecule has 1 atom stereocenters. The lowest BCUT2D eigenvalue weighted by molar-refractivity contribution is -0.117. The number of methoxy groups -OCH3 is 1. The summed E-state index contributed by atoms with van der Waals surface area (Å²) in [5.74, 6) is 1.43. The largest absolute Gasteiger partial charge is 0.496 e. The molecule has 0 saturated heterocycles. The normalized spacial score (nSPS) is 11.7. The molecule has 1 heterocycles. The number of benzene rings is 3. The lowest BCUT2D eigenvalue weighted by Crippen LogP contribution is -2.33. The van der Waals surface area contributed by atoms with Gasteiger partial charge in [-0.25, -0.2) is 0 Å². The first-order valence-corrected chi connectivity index (χ1v) is 11.7. The van der Waals surface area contributed by atoms with Crippen LogP contribution in [0.25, 0.3) is 11.4 Å². The van der Waals surface area contributed by atoms with Crippen LogP contribution in [0, 0.1) is 0 Å². The fraction of sp³-hybridized carbons (Fsp3) is 0.192. The summed E-state index contributed by atoms with van der Waals surface area (Å²) in [7, 11) is 1.64. The first-order valence-electron chi connectivity index (χ1n) is 10.8. The standard InChI is InChI=1S/C26H26N4O2S/c1-4-29-24(22-17-11-12-18-23(22)32-3)27-28-26(29)33-19(2)25(31)30(20-13-7-5-8-14-20)21-15-9-6-10-16-21/h5-19H,4H2,1-3H3. The number of ether oxygens (including phenoxy) is 1. The first kappa shape index (κ1) is 22.6. The van der Waals surface area contributed by atoms with Crippen molar-refractivity contribution < 1.29 is 9.53 Å². The Bertz CT molecular complexity index is 1170. The highest BCUT2D eigenvalue weighted by Crippen LogP contribution is 2.34. The van der Waals surface area contributed by atoms with Crippen molar-refractivity contribution in [2.45, 2.75) is 30.8 Å². The molecule has 168 valence electrons. The number of hydrogen-bond acceptors (Lipinski definition) is 5. The molecular weight excluding hydrogens is 432 g/mol. The van der Waals surface area contributed by atoms with Crippen LogP contribution in [-0.2, 0) is 11.3 Å². The van der Waals surface area contributed by atoms with Gasteiger partial charge in [0.25, 0.3) is 0 Å². The van der Waals surface area contributed by atoms with E-state index in [1.54, 1.807) is 12.0 Å². The predicted molar refractivity (Wildman–Crippen MR) is 133 cm³/mol. The van der Waals surface area contributed by atoms with Gasteiger partial charge < -0.3 is 9.30 Å². The minimum absolute atomic E-state index is 0.0260. The average molecular weight is 459 g/mol. The number of carbonyl (C=O) groups excluding carboxylic acids is 1. The Morgan fingerprint density at radius 3 is 2.09 bits per heavy atom. The summed E-state index contributed by atoms with van der Waals surface area (Å²) < 4.78 is 7.52. The third-order valence-electron chi connectivity index (χ3n) is 5.26. The van der Waals surface area contributed by atoms with E-state index in [-0.39, 0.29) is 11.2 Å². The number of amides is 1. The third-order valence-corrected chi connectivity index (χ3v) is 6.33. The zero-order chi connectivity index (χ0) is 23.2. The molecule has 0 saturated carbocycles.